The molecule has 234 valence electrons. The van der Waals surface area contributed by atoms with E-state index in [1.807, 2.05) is 24.3 Å². The summed E-state index contributed by atoms with van der Waals surface area (Å²) in [4.78, 5) is 29.8. The van der Waals surface area contributed by atoms with E-state index in [9.17, 15) is 9.59 Å². The lowest BCUT2D eigenvalue weighted by molar-refractivity contribution is 0.112. The molecule has 44 heavy (non-hydrogen) atoms. The summed E-state index contributed by atoms with van der Waals surface area (Å²) in [5, 5.41) is 2.80. The van der Waals surface area contributed by atoms with Crippen LogP contribution in [-0.4, -0.2) is 48.3 Å². The maximum atomic E-state index is 12.8. The topological polar surface area (TPSA) is 79.9 Å². The molecule has 0 aliphatic carbocycles. The molecule has 5 rings (SSSR count). The van der Waals surface area contributed by atoms with Gasteiger partial charge in [-0.25, -0.2) is 14.2 Å². The third-order valence-corrected chi connectivity index (χ3v) is 8.45. The second kappa shape index (κ2) is 16.1. The molecule has 0 saturated carbocycles. The number of hydrogen-bond donors (Lipinski definition) is 1. The van der Waals surface area contributed by atoms with Gasteiger partial charge in [0.2, 0.25) is 0 Å². The maximum absolute atomic E-state index is 12.8. The molecule has 4 aromatic rings. The predicted molar refractivity (Wildman–Crippen MR) is 177 cm³/mol. The van der Waals surface area contributed by atoms with Crippen molar-refractivity contribution < 1.29 is 13.9 Å². The number of fused-ring (bicyclic) bond motifs is 1. The van der Waals surface area contributed by atoms with Crippen molar-refractivity contribution in [2.24, 2.45) is 0 Å². The minimum absolute atomic E-state index is 0.186. The Kier molecular flexibility index (Phi) is 11.5. The van der Waals surface area contributed by atoms with Gasteiger partial charge in [0, 0.05) is 39.3 Å². The highest BCUT2D eigenvalue weighted by molar-refractivity contribution is 5.87. The number of oxazole rings is 1. The van der Waals surface area contributed by atoms with Crippen LogP contribution in [0, 0.1) is 0 Å². The Morgan fingerprint density at radius 3 is 2.30 bits per heavy atom. The van der Waals surface area contributed by atoms with Crippen LogP contribution in [0.4, 0.5) is 10.5 Å². The number of rotatable bonds is 15. The zero-order chi connectivity index (χ0) is 30.6. The monoisotopic (exact) mass is 598 g/mol. The van der Waals surface area contributed by atoms with Gasteiger partial charge in [0.25, 0.3) is 0 Å². The van der Waals surface area contributed by atoms with Crippen molar-refractivity contribution in [1.29, 1.82) is 0 Å². The molecular weight excluding hydrogens is 552 g/mol. The SMILES string of the molecule is CCCCCCCCCCNC(=O)OCn1c(=O)oc2c(N3CCN(Cc4cccc(-c5ccccc5)c4)CC3)cccc21. The normalized spacial score (nSPS) is 13.8. The molecule has 8 heteroatoms. The molecule has 8 nitrogen and oxygen atoms in total. The minimum Gasteiger partial charge on any atom is -0.428 e. The number of alkyl carbamates (subject to hydrolysis) is 1. The zero-order valence-corrected chi connectivity index (χ0v) is 26.0. The Bertz CT molecular complexity index is 1520. The van der Waals surface area contributed by atoms with Crippen LogP contribution in [0.15, 0.2) is 82.0 Å². The van der Waals surface area contributed by atoms with E-state index in [4.69, 9.17) is 9.15 Å². The number of unbranched alkanes of at least 4 members (excludes halogenated alkanes) is 7. The first-order valence-corrected chi connectivity index (χ1v) is 16.3. The van der Waals surface area contributed by atoms with Gasteiger partial charge in [-0.3, -0.25) is 4.90 Å². The van der Waals surface area contributed by atoms with E-state index >= 15 is 0 Å². The smallest absolute Gasteiger partial charge is 0.422 e. The fraction of sp³-hybridized carbons (Fsp3) is 0.444. The van der Waals surface area contributed by atoms with Crippen molar-refractivity contribution in [2.45, 2.75) is 71.6 Å². The Morgan fingerprint density at radius 1 is 0.818 bits per heavy atom. The Labute approximate surface area is 260 Å². The lowest BCUT2D eigenvalue weighted by Crippen LogP contribution is -2.46. The molecule has 0 spiro atoms. The van der Waals surface area contributed by atoms with E-state index in [1.54, 1.807) is 0 Å². The Balaban J connectivity index is 1.10. The van der Waals surface area contributed by atoms with Gasteiger partial charge in [0.1, 0.15) is 0 Å². The van der Waals surface area contributed by atoms with Crippen LogP contribution < -0.4 is 16.0 Å². The summed E-state index contributed by atoms with van der Waals surface area (Å²) < 4.78 is 12.4. The van der Waals surface area contributed by atoms with Crippen molar-refractivity contribution in [1.82, 2.24) is 14.8 Å². The molecule has 1 aromatic heterocycles. The van der Waals surface area contributed by atoms with Crippen LogP contribution in [0.3, 0.4) is 0 Å². The lowest BCUT2D eigenvalue weighted by atomic mass is 10.0. The number of nitrogens with one attached hydrogen (secondary N) is 1. The second-order valence-corrected chi connectivity index (χ2v) is 11.7. The molecule has 1 aliphatic heterocycles. The number of nitrogens with zero attached hydrogens (tertiary/aromatic N) is 3. The summed E-state index contributed by atoms with van der Waals surface area (Å²) in [5.41, 5.74) is 5.81. The molecule has 1 amide bonds. The summed E-state index contributed by atoms with van der Waals surface area (Å²) in [6.45, 7) is 6.96. The highest BCUT2D eigenvalue weighted by Crippen LogP contribution is 2.28. The van der Waals surface area contributed by atoms with Crippen LogP contribution in [0.25, 0.3) is 22.2 Å². The van der Waals surface area contributed by atoms with E-state index in [0.29, 0.717) is 17.6 Å². The number of carbonyl (C=O) groups is 1. The zero-order valence-electron chi connectivity index (χ0n) is 26.0. The minimum atomic E-state index is -0.528. The van der Waals surface area contributed by atoms with Crippen LogP contribution in [0.1, 0.15) is 63.9 Å². The van der Waals surface area contributed by atoms with E-state index in [-0.39, 0.29) is 6.73 Å². The molecule has 1 N–H and O–H groups in total. The maximum Gasteiger partial charge on any atom is 0.422 e. The van der Waals surface area contributed by atoms with E-state index in [0.717, 1.165) is 51.3 Å². The molecule has 0 radical (unpaired) electrons. The molecule has 0 unspecified atom stereocenters. The van der Waals surface area contributed by atoms with Gasteiger partial charge in [0.05, 0.1) is 11.2 Å². The summed E-state index contributed by atoms with van der Waals surface area (Å²) in [6, 6.07) is 25.0. The van der Waals surface area contributed by atoms with Crippen LogP contribution >= 0.6 is 0 Å². The highest BCUT2D eigenvalue weighted by atomic mass is 16.6. The van der Waals surface area contributed by atoms with E-state index < -0.39 is 11.8 Å². The first-order valence-electron chi connectivity index (χ1n) is 16.3. The number of ether oxygens (including phenoxy) is 1. The standard InChI is InChI=1S/C36H46N4O4/c1-2-3-4-5-6-7-8-12-21-37-35(41)43-28-40-33-20-14-19-32(34(33)44-36(40)42)39-24-22-38(23-25-39)27-29-15-13-18-31(26-29)30-16-10-9-11-17-30/h9-11,13-20,26H,2-8,12,21-25,27-28H2,1H3,(H,37,41). The third-order valence-electron chi connectivity index (χ3n) is 8.45. The van der Waals surface area contributed by atoms with Crippen molar-refractivity contribution in [3.8, 4) is 11.1 Å². The number of para-hydroxylation sites is 1. The van der Waals surface area contributed by atoms with Crippen molar-refractivity contribution >= 4 is 22.9 Å². The van der Waals surface area contributed by atoms with Crippen molar-refractivity contribution in [2.75, 3.05) is 37.6 Å². The Hall–Kier alpha value is -4.04. The van der Waals surface area contributed by atoms with Crippen LogP contribution in [0.5, 0.6) is 0 Å². The van der Waals surface area contributed by atoms with E-state index in [1.165, 1.54) is 59.8 Å². The molecule has 3 aromatic carbocycles. The average Bonchev–Trinajstić information content (AvgIpc) is 3.38. The van der Waals surface area contributed by atoms with Gasteiger partial charge >= 0.3 is 11.8 Å². The van der Waals surface area contributed by atoms with E-state index in [2.05, 4.69) is 70.6 Å². The van der Waals surface area contributed by atoms with Gasteiger partial charge in [-0.15, -0.1) is 0 Å². The molecular formula is C36H46N4O4. The van der Waals surface area contributed by atoms with Gasteiger partial charge in [-0.1, -0.05) is 106 Å². The second-order valence-electron chi connectivity index (χ2n) is 11.7. The first-order chi connectivity index (χ1) is 21.6. The van der Waals surface area contributed by atoms with Gasteiger partial charge in [-0.05, 0) is 41.3 Å². The fourth-order valence-corrected chi connectivity index (χ4v) is 5.95. The summed E-state index contributed by atoms with van der Waals surface area (Å²) in [6.07, 6.45) is 9.12. The Morgan fingerprint density at radius 2 is 1.52 bits per heavy atom. The number of piperazine rings is 1. The van der Waals surface area contributed by atoms with Gasteiger partial charge < -0.3 is 19.4 Å². The predicted octanol–water partition coefficient (Wildman–Crippen LogP) is 7.41. The molecule has 0 bridgehead atoms. The van der Waals surface area contributed by atoms with Gasteiger partial charge in [0.15, 0.2) is 12.3 Å². The number of anilines is 1. The molecule has 1 fully saturated rings. The summed E-state index contributed by atoms with van der Waals surface area (Å²) in [7, 11) is 0. The molecule has 0 atom stereocenters. The van der Waals surface area contributed by atoms with Gasteiger partial charge in [-0.2, -0.15) is 0 Å². The number of benzene rings is 3. The quantitative estimate of drug-likeness (QED) is 0.144. The van der Waals surface area contributed by atoms with Crippen LogP contribution in [0.2, 0.25) is 0 Å². The third kappa shape index (κ3) is 8.53. The van der Waals surface area contributed by atoms with Crippen molar-refractivity contribution in [3.05, 3.63) is 88.9 Å². The highest BCUT2D eigenvalue weighted by Gasteiger charge is 2.22. The first kappa shape index (κ1) is 31.4. The number of carbonyl (C=O) groups excluding carboxylic acids is 1. The molecule has 1 aliphatic rings. The van der Waals surface area contributed by atoms with Crippen LogP contribution in [-0.2, 0) is 18.0 Å². The number of aromatic nitrogens is 1. The lowest BCUT2D eigenvalue weighted by Gasteiger charge is -2.36. The summed E-state index contributed by atoms with van der Waals surface area (Å²) in [5.74, 6) is -0.528. The van der Waals surface area contributed by atoms with Crippen molar-refractivity contribution in [3.63, 3.8) is 0 Å². The fourth-order valence-electron chi connectivity index (χ4n) is 5.95. The number of amides is 1. The number of hydrogen-bond acceptors (Lipinski definition) is 6. The molecule has 2 heterocycles. The average molecular weight is 599 g/mol. The largest absolute Gasteiger partial charge is 0.428 e. The summed E-state index contributed by atoms with van der Waals surface area (Å²) >= 11 is 0. The molecule has 1 saturated heterocycles.